The molecular weight excluding hydrogens is 329 g/mol. The molecule has 2 fully saturated rings. The predicted octanol–water partition coefficient (Wildman–Crippen LogP) is 1.96. The van der Waals surface area contributed by atoms with E-state index < -0.39 is 5.60 Å². The van der Waals surface area contributed by atoms with Gasteiger partial charge in [-0.25, -0.2) is 0 Å². The molecule has 0 amide bonds. The molecule has 0 atom stereocenters. The first-order valence-corrected chi connectivity index (χ1v) is 9.53. The normalized spacial score (nSPS) is 24.2. The van der Waals surface area contributed by atoms with Gasteiger partial charge in [-0.2, -0.15) is 0 Å². The summed E-state index contributed by atoms with van der Waals surface area (Å²) in [5, 5.41) is 10.7. The van der Waals surface area contributed by atoms with Gasteiger partial charge in [0, 0.05) is 39.1 Å². The van der Waals surface area contributed by atoms with Crippen LogP contribution in [0.5, 0.6) is 0 Å². The molecule has 2 saturated heterocycles. The lowest BCUT2D eigenvalue weighted by Gasteiger charge is -2.35. The van der Waals surface area contributed by atoms with Crippen molar-refractivity contribution in [2.24, 2.45) is 0 Å². The van der Waals surface area contributed by atoms with Gasteiger partial charge < -0.3 is 19.2 Å². The van der Waals surface area contributed by atoms with Crippen molar-refractivity contribution in [3.05, 3.63) is 29.8 Å². The smallest absolute Gasteiger partial charge is 0.399 e. The highest BCUT2D eigenvalue weighted by atomic mass is 16.7. The number of benzene rings is 1. The molecule has 1 aromatic rings. The average Bonchev–Trinajstić information content (AvgIpc) is 2.76. The molecule has 5 nitrogen and oxygen atoms in total. The average molecular weight is 361 g/mol. The summed E-state index contributed by atoms with van der Waals surface area (Å²) in [5.41, 5.74) is 0.916. The van der Waals surface area contributed by atoms with E-state index in [1.165, 1.54) is 5.56 Å². The number of ether oxygens (including phenoxy) is 1. The van der Waals surface area contributed by atoms with E-state index in [2.05, 4.69) is 57.8 Å². The van der Waals surface area contributed by atoms with E-state index in [-0.39, 0.29) is 18.3 Å². The van der Waals surface area contributed by atoms with Crippen molar-refractivity contribution in [2.75, 3.05) is 26.8 Å². The number of hydrogen-bond acceptors (Lipinski definition) is 5. The van der Waals surface area contributed by atoms with E-state index >= 15 is 0 Å². The van der Waals surface area contributed by atoms with Gasteiger partial charge in [0.15, 0.2) is 0 Å². The number of likely N-dealkylation sites (N-methyl/N-ethyl adjacent to an activating group) is 1. The van der Waals surface area contributed by atoms with Crippen molar-refractivity contribution in [1.29, 1.82) is 0 Å². The van der Waals surface area contributed by atoms with Crippen LogP contribution in [0.25, 0.3) is 0 Å². The Morgan fingerprint density at radius 1 is 1.08 bits per heavy atom. The zero-order valence-corrected chi connectivity index (χ0v) is 16.7. The van der Waals surface area contributed by atoms with Crippen LogP contribution in [0.3, 0.4) is 0 Å². The van der Waals surface area contributed by atoms with Gasteiger partial charge in [0.1, 0.15) is 0 Å². The standard InChI is InChI=1S/C20H32BNO4/c1-18(2)19(3,4)26-21(25-18)17-8-6-7-16(13-17)14-22(5)15-20(23)9-11-24-12-10-20/h6-8,13,23H,9-12,14-15H2,1-5H3. The van der Waals surface area contributed by atoms with Crippen molar-refractivity contribution in [2.45, 2.75) is 63.9 Å². The monoisotopic (exact) mass is 361 g/mol. The molecule has 0 unspecified atom stereocenters. The van der Waals surface area contributed by atoms with E-state index in [0.717, 1.165) is 12.0 Å². The first-order valence-electron chi connectivity index (χ1n) is 9.53. The van der Waals surface area contributed by atoms with Gasteiger partial charge in [-0.3, -0.25) is 4.90 Å². The quantitative estimate of drug-likeness (QED) is 0.813. The summed E-state index contributed by atoms with van der Waals surface area (Å²) >= 11 is 0. The zero-order valence-electron chi connectivity index (χ0n) is 16.7. The third-order valence-electron chi connectivity index (χ3n) is 5.92. The fraction of sp³-hybridized carbons (Fsp3) is 0.700. The van der Waals surface area contributed by atoms with Gasteiger partial charge in [0.25, 0.3) is 0 Å². The van der Waals surface area contributed by atoms with Crippen LogP contribution >= 0.6 is 0 Å². The second-order valence-corrected chi connectivity index (χ2v) is 8.84. The lowest BCUT2D eigenvalue weighted by atomic mass is 9.78. The Hall–Kier alpha value is -0.915. The fourth-order valence-corrected chi connectivity index (χ4v) is 3.60. The van der Waals surface area contributed by atoms with E-state index in [1.54, 1.807) is 0 Å². The maximum atomic E-state index is 10.7. The molecule has 144 valence electrons. The van der Waals surface area contributed by atoms with Crippen LogP contribution in [0.1, 0.15) is 46.1 Å². The highest BCUT2D eigenvalue weighted by molar-refractivity contribution is 6.62. The number of aliphatic hydroxyl groups is 1. The molecule has 0 aromatic heterocycles. The summed E-state index contributed by atoms with van der Waals surface area (Å²) in [5.74, 6) is 0. The lowest BCUT2D eigenvalue weighted by Crippen LogP contribution is -2.45. The molecule has 26 heavy (non-hydrogen) atoms. The molecule has 0 spiro atoms. The Kier molecular flexibility index (Phi) is 5.53. The summed E-state index contributed by atoms with van der Waals surface area (Å²) in [4.78, 5) is 2.18. The van der Waals surface area contributed by atoms with Crippen LogP contribution < -0.4 is 5.46 Å². The van der Waals surface area contributed by atoms with Crippen LogP contribution in [-0.2, 0) is 20.6 Å². The van der Waals surface area contributed by atoms with Crippen molar-refractivity contribution in [3.8, 4) is 0 Å². The van der Waals surface area contributed by atoms with Crippen LogP contribution in [0.2, 0.25) is 0 Å². The largest absolute Gasteiger partial charge is 0.494 e. The highest BCUT2D eigenvalue weighted by Gasteiger charge is 2.51. The van der Waals surface area contributed by atoms with Crippen LogP contribution in [0.15, 0.2) is 24.3 Å². The Labute approximate surface area is 157 Å². The second-order valence-electron chi connectivity index (χ2n) is 8.84. The molecular formula is C20H32BNO4. The van der Waals surface area contributed by atoms with E-state index in [4.69, 9.17) is 14.0 Å². The third-order valence-corrected chi connectivity index (χ3v) is 5.92. The first-order chi connectivity index (χ1) is 12.1. The molecule has 2 aliphatic heterocycles. The summed E-state index contributed by atoms with van der Waals surface area (Å²) in [7, 11) is 1.71. The van der Waals surface area contributed by atoms with Crippen molar-refractivity contribution < 1.29 is 19.2 Å². The predicted molar refractivity (Wildman–Crippen MR) is 103 cm³/mol. The van der Waals surface area contributed by atoms with Gasteiger partial charge >= 0.3 is 7.12 Å². The minimum Gasteiger partial charge on any atom is -0.399 e. The minimum absolute atomic E-state index is 0.337. The Balaban J connectivity index is 1.64. The van der Waals surface area contributed by atoms with Crippen LogP contribution in [0.4, 0.5) is 0 Å². The van der Waals surface area contributed by atoms with Gasteiger partial charge in [-0.1, -0.05) is 24.3 Å². The van der Waals surface area contributed by atoms with Crippen molar-refractivity contribution in [1.82, 2.24) is 4.90 Å². The molecule has 0 bridgehead atoms. The molecule has 3 rings (SSSR count). The van der Waals surface area contributed by atoms with E-state index in [0.29, 0.717) is 32.6 Å². The maximum Gasteiger partial charge on any atom is 0.494 e. The highest BCUT2D eigenvalue weighted by Crippen LogP contribution is 2.36. The van der Waals surface area contributed by atoms with E-state index in [1.807, 2.05) is 6.07 Å². The number of hydrogen-bond donors (Lipinski definition) is 1. The molecule has 0 saturated carbocycles. The van der Waals surface area contributed by atoms with Crippen LogP contribution in [-0.4, -0.2) is 60.7 Å². The number of nitrogens with zero attached hydrogens (tertiary/aromatic N) is 1. The molecule has 2 heterocycles. The molecule has 1 aromatic carbocycles. The SMILES string of the molecule is CN(Cc1cccc(B2OC(C)(C)C(C)(C)O2)c1)CC1(O)CCOCC1. The lowest BCUT2D eigenvalue weighted by molar-refractivity contribution is -0.0777. The topological polar surface area (TPSA) is 51.2 Å². The Morgan fingerprint density at radius 3 is 2.31 bits per heavy atom. The molecule has 2 aliphatic rings. The molecule has 0 radical (unpaired) electrons. The molecule has 1 N–H and O–H groups in total. The first kappa shape index (κ1) is 19.8. The Morgan fingerprint density at radius 2 is 1.69 bits per heavy atom. The second kappa shape index (κ2) is 7.25. The minimum atomic E-state index is -0.643. The summed E-state index contributed by atoms with van der Waals surface area (Å²) in [6, 6.07) is 8.36. The maximum absolute atomic E-state index is 10.7. The van der Waals surface area contributed by atoms with Gasteiger partial charge in [-0.15, -0.1) is 0 Å². The zero-order chi connectivity index (χ0) is 19.0. The summed E-state index contributed by atoms with van der Waals surface area (Å²) in [6.45, 7) is 11.0. The molecule has 6 heteroatoms. The molecule has 0 aliphatic carbocycles. The summed E-state index contributed by atoms with van der Waals surface area (Å²) < 4.78 is 17.7. The third kappa shape index (κ3) is 4.31. The van der Waals surface area contributed by atoms with Gasteiger partial charge in [0.05, 0.1) is 16.8 Å². The van der Waals surface area contributed by atoms with E-state index in [9.17, 15) is 5.11 Å². The van der Waals surface area contributed by atoms with Crippen molar-refractivity contribution in [3.63, 3.8) is 0 Å². The summed E-state index contributed by atoms with van der Waals surface area (Å²) in [6.07, 6.45) is 1.40. The number of rotatable bonds is 5. The Bertz CT molecular complexity index is 612. The van der Waals surface area contributed by atoms with Gasteiger partial charge in [0.2, 0.25) is 0 Å². The van der Waals surface area contributed by atoms with Crippen molar-refractivity contribution >= 4 is 12.6 Å². The van der Waals surface area contributed by atoms with Crippen LogP contribution in [0, 0.1) is 0 Å². The van der Waals surface area contributed by atoms with Gasteiger partial charge in [-0.05, 0) is 45.8 Å². The fourth-order valence-electron chi connectivity index (χ4n) is 3.60.